The van der Waals surface area contributed by atoms with Gasteiger partial charge in [0.05, 0.1) is 0 Å². The summed E-state index contributed by atoms with van der Waals surface area (Å²) in [5, 5.41) is 1.88. The van der Waals surface area contributed by atoms with Crippen LogP contribution in [0.1, 0.15) is 25.7 Å². The number of amides is 2. The van der Waals surface area contributed by atoms with Crippen molar-refractivity contribution in [2.24, 2.45) is 0 Å². The van der Waals surface area contributed by atoms with Crippen LogP contribution in [0, 0.1) is 0 Å². The van der Waals surface area contributed by atoms with Gasteiger partial charge in [-0.15, -0.1) is 0 Å². The molecule has 22 heteroatoms. The third-order valence-corrected chi connectivity index (χ3v) is 4.53. The molecule has 0 bridgehead atoms. The molecule has 0 radical (unpaired) electrons. The van der Waals surface area contributed by atoms with Crippen LogP contribution in [0.25, 0.3) is 0 Å². The van der Waals surface area contributed by atoms with Crippen LogP contribution in [0.3, 0.4) is 0 Å². The Morgan fingerprint density at radius 3 is 0.842 bits per heavy atom. The van der Waals surface area contributed by atoms with Crippen molar-refractivity contribution < 1.29 is 88.6 Å². The van der Waals surface area contributed by atoms with Crippen molar-refractivity contribution in [1.29, 1.82) is 0 Å². The molecule has 0 aliphatic carbocycles. The van der Waals surface area contributed by atoms with E-state index in [1.54, 1.807) is 0 Å². The summed E-state index contributed by atoms with van der Waals surface area (Å²) in [4.78, 5) is 22.1. The molecule has 226 valence electrons. The Kier molecular flexibility index (Phi) is 10.4. The van der Waals surface area contributed by atoms with Crippen LogP contribution in [0.5, 0.6) is 0 Å². The lowest BCUT2D eigenvalue weighted by molar-refractivity contribution is -0.388. The molecule has 0 aromatic carbocycles. The van der Waals surface area contributed by atoms with E-state index in [-0.39, 0.29) is 12.8 Å². The van der Waals surface area contributed by atoms with Crippen LogP contribution in [0.15, 0.2) is 0 Å². The van der Waals surface area contributed by atoms with E-state index in [1.165, 1.54) is 0 Å². The zero-order valence-electron chi connectivity index (χ0n) is 17.9. The second-order valence-corrected chi connectivity index (χ2v) is 7.37. The maximum atomic E-state index is 13.3. The van der Waals surface area contributed by atoms with Crippen LogP contribution in [-0.2, 0) is 9.59 Å². The van der Waals surface area contributed by atoms with Gasteiger partial charge in [-0.2, -0.15) is 79.0 Å². The molecule has 0 aromatic heterocycles. The molecule has 0 rings (SSSR count). The van der Waals surface area contributed by atoms with Crippen molar-refractivity contribution >= 4 is 11.8 Å². The lowest BCUT2D eigenvalue weighted by atomic mass is 10.0. The predicted molar refractivity (Wildman–Crippen MR) is 86.3 cm³/mol. The fraction of sp³-hybridized carbons (Fsp3) is 0.875. The van der Waals surface area contributed by atoms with Crippen molar-refractivity contribution in [3.8, 4) is 0 Å². The molecule has 0 aliphatic rings. The summed E-state index contributed by atoms with van der Waals surface area (Å²) in [6.45, 7) is -2.10. The van der Waals surface area contributed by atoms with Gasteiger partial charge in [0.25, 0.3) is 11.8 Å². The summed E-state index contributed by atoms with van der Waals surface area (Å²) in [7, 11) is 0. The minimum atomic E-state index is -7.31. The van der Waals surface area contributed by atoms with Crippen molar-refractivity contribution in [3.63, 3.8) is 0 Å². The van der Waals surface area contributed by atoms with Crippen LogP contribution in [0.4, 0.5) is 79.0 Å². The van der Waals surface area contributed by atoms with Gasteiger partial charge in [0, 0.05) is 13.1 Å². The number of rotatable bonds is 13. The highest BCUT2D eigenvalue weighted by atomic mass is 19.4. The number of halogens is 18. The number of hydrogen-bond donors (Lipinski definition) is 2. The molecule has 38 heavy (non-hydrogen) atoms. The molecule has 2 amide bonds. The standard InChI is InChI=1S/C16H14F18N2O2/c17-9(18,11(21,22)13(25,26)15(29,30)31)7(37)35-5-3-1-2-4-6-36-8(38)10(19,20)12(23,24)14(27,28)16(32,33)34/h1-6H2,(H,35,37)(H,36,38). The molecule has 0 heterocycles. The SMILES string of the molecule is O=C(NCCCCCCNC(=O)C(F)(F)C(F)(F)C(F)(F)C(F)(F)F)C(F)(F)C(F)(F)C(F)(F)C(F)(F)F. The molecule has 4 nitrogen and oxygen atoms in total. The third kappa shape index (κ3) is 6.45. The van der Waals surface area contributed by atoms with E-state index in [2.05, 4.69) is 0 Å². The van der Waals surface area contributed by atoms with Crippen LogP contribution >= 0.6 is 0 Å². The van der Waals surface area contributed by atoms with Crippen LogP contribution in [0.2, 0.25) is 0 Å². The lowest BCUT2D eigenvalue weighted by Crippen LogP contribution is -2.65. The monoisotopic (exact) mass is 608 g/mol. The van der Waals surface area contributed by atoms with E-state index in [9.17, 15) is 88.6 Å². The Morgan fingerprint density at radius 2 is 0.632 bits per heavy atom. The molecule has 2 N–H and O–H groups in total. The first-order valence-electron chi connectivity index (χ1n) is 9.52. The first-order valence-corrected chi connectivity index (χ1v) is 9.52. The molecular weight excluding hydrogens is 594 g/mol. The Morgan fingerprint density at radius 1 is 0.395 bits per heavy atom. The molecule has 0 unspecified atom stereocenters. The number of unbranched alkanes of at least 4 members (excludes halogenated alkanes) is 3. The van der Waals surface area contributed by atoms with Gasteiger partial charge < -0.3 is 10.6 Å². The van der Waals surface area contributed by atoms with Gasteiger partial charge in [0.1, 0.15) is 0 Å². The first-order chi connectivity index (χ1) is 16.5. The van der Waals surface area contributed by atoms with E-state index < -0.39 is 85.6 Å². The van der Waals surface area contributed by atoms with Gasteiger partial charge in [-0.3, -0.25) is 9.59 Å². The number of carbonyl (C=O) groups excluding carboxylic acids is 2. The summed E-state index contributed by atoms with van der Waals surface area (Å²) < 4.78 is 228. The third-order valence-electron chi connectivity index (χ3n) is 4.53. The molecule has 0 saturated carbocycles. The summed E-state index contributed by atoms with van der Waals surface area (Å²) in [5.41, 5.74) is 0. The normalized spacial score (nSPS) is 14.9. The second kappa shape index (κ2) is 11.0. The fourth-order valence-corrected chi connectivity index (χ4v) is 2.26. The van der Waals surface area contributed by atoms with Crippen molar-refractivity contribution in [1.82, 2.24) is 10.6 Å². The Hall–Kier alpha value is -2.32. The summed E-state index contributed by atoms with van der Waals surface area (Å²) >= 11 is 0. The molecule has 0 aliphatic heterocycles. The van der Waals surface area contributed by atoms with Crippen molar-refractivity contribution in [2.75, 3.05) is 13.1 Å². The zero-order chi connectivity index (χ0) is 30.8. The highest BCUT2D eigenvalue weighted by Gasteiger charge is 2.84. The molecule has 0 fully saturated rings. The first kappa shape index (κ1) is 35.7. The molecular formula is C16H14F18N2O2. The van der Waals surface area contributed by atoms with Gasteiger partial charge in [0.15, 0.2) is 0 Å². The van der Waals surface area contributed by atoms with E-state index in [4.69, 9.17) is 0 Å². The minimum absolute atomic E-state index is 0.324. The van der Waals surface area contributed by atoms with E-state index in [0.717, 1.165) is 10.6 Å². The predicted octanol–water partition coefficient (Wildman–Crippen LogP) is 5.72. The highest BCUT2D eigenvalue weighted by Crippen LogP contribution is 2.54. The van der Waals surface area contributed by atoms with Gasteiger partial charge in [-0.05, 0) is 12.8 Å². The average molecular weight is 608 g/mol. The number of nitrogens with one attached hydrogen (secondary N) is 2. The molecule has 0 atom stereocenters. The average Bonchev–Trinajstić information content (AvgIpc) is 2.72. The van der Waals surface area contributed by atoms with Gasteiger partial charge in [-0.25, -0.2) is 0 Å². The van der Waals surface area contributed by atoms with Gasteiger partial charge in [0.2, 0.25) is 0 Å². The van der Waals surface area contributed by atoms with Gasteiger partial charge in [-0.1, -0.05) is 12.8 Å². The molecule has 0 saturated heterocycles. The Bertz CT molecular complexity index is 765. The largest absolute Gasteiger partial charge is 0.460 e. The second-order valence-electron chi connectivity index (χ2n) is 7.37. The number of hydrogen-bond acceptors (Lipinski definition) is 2. The van der Waals surface area contributed by atoms with E-state index >= 15 is 0 Å². The number of alkyl halides is 18. The topological polar surface area (TPSA) is 58.2 Å². The quantitative estimate of drug-likeness (QED) is 0.208. The number of carbonyl (C=O) groups is 2. The van der Waals surface area contributed by atoms with Crippen molar-refractivity contribution in [3.05, 3.63) is 0 Å². The summed E-state index contributed by atoms with van der Waals surface area (Å²) in [5.74, 6) is -48.6. The highest BCUT2D eigenvalue weighted by molar-refractivity contribution is 5.85. The Labute approximate surface area is 199 Å². The maximum Gasteiger partial charge on any atom is 0.460 e. The fourth-order valence-electron chi connectivity index (χ4n) is 2.26. The molecule has 0 spiro atoms. The Balaban J connectivity index is 4.72. The minimum Gasteiger partial charge on any atom is -0.351 e. The van der Waals surface area contributed by atoms with Gasteiger partial charge >= 0.3 is 47.9 Å². The summed E-state index contributed by atoms with van der Waals surface area (Å²) in [6, 6.07) is 0. The maximum absolute atomic E-state index is 13.3. The zero-order valence-corrected chi connectivity index (χ0v) is 17.9. The lowest BCUT2D eigenvalue weighted by Gasteiger charge is -2.32. The smallest absolute Gasteiger partial charge is 0.351 e. The van der Waals surface area contributed by atoms with Crippen LogP contribution in [-0.4, -0.2) is 72.8 Å². The van der Waals surface area contributed by atoms with E-state index in [0.29, 0.717) is 0 Å². The summed E-state index contributed by atoms with van der Waals surface area (Å²) in [6.07, 6.45) is -16.0. The van der Waals surface area contributed by atoms with E-state index in [1.807, 2.05) is 0 Å². The van der Waals surface area contributed by atoms with Crippen molar-refractivity contribution in [2.45, 2.75) is 73.6 Å². The molecule has 0 aromatic rings. The van der Waals surface area contributed by atoms with Crippen LogP contribution < -0.4 is 10.6 Å².